The zero-order chi connectivity index (χ0) is 15.6. The fourth-order valence-electron chi connectivity index (χ4n) is 4.54. The van der Waals surface area contributed by atoms with Crippen LogP contribution in [-0.2, 0) is 4.79 Å². The number of hydrogen-bond donors (Lipinski definition) is 0. The standard InChI is InChI=1S/C19H35NO/c1-14(2)6-7-16-12-19(13-16)10-8-17(9-11-19)20(5)18(21)15(3)4/h14-17H,6-13H2,1-5H3. The van der Waals surface area contributed by atoms with Crippen LogP contribution < -0.4 is 0 Å². The van der Waals surface area contributed by atoms with Crippen LogP contribution in [0.2, 0.25) is 0 Å². The van der Waals surface area contributed by atoms with E-state index in [0.29, 0.717) is 17.4 Å². The Kier molecular flexibility index (Phi) is 5.38. The van der Waals surface area contributed by atoms with Gasteiger partial charge in [0.25, 0.3) is 0 Å². The molecule has 122 valence electrons. The maximum absolute atomic E-state index is 12.1. The average molecular weight is 293 g/mol. The first kappa shape index (κ1) is 16.8. The van der Waals surface area contributed by atoms with Crippen molar-refractivity contribution in [1.29, 1.82) is 0 Å². The first-order valence-corrected chi connectivity index (χ1v) is 9.09. The quantitative estimate of drug-likeness (QED) is 0.707. The maximum atomic E-state index is 12.1. The van der Waals surface area contributed by atoms with Crippen molar-refractivity contribution in [3.63, 3.8) is 0 Å². The Morgan fingerprint density at radius 1 is 1.14 bits per heavy atom. The van der Waals surface area contributed by atoms with Crippen molar-refractivity contribution in [3.8, 4) is 0 Å². The summed E-state index contributed by atoms with van der Waals surface area (Å²) in [5, 5.41) is 0. The molecule has 2 nitrogen and oxygen atoms in total. The maximum Gasteiger partial charge on any atom is 0.225 e. The zero-order valence-corrected chi connectivity index (χ0v) is 14.8. The molecule has 0 radical (unpaired) electrons. The highest BCUT2D eigenvalue weighted by Crippen LogP contribution is 2.56. The molecule has 0 aromatic rings. The van der Waals surface area contributed by atoms with Crippen LogP contribution in [0.1, 0.15) is 79.1 Å². The van der Waals surface area contributed by atoms with Gasteiger partial charge in [-0.25, -0.2) is 0 Å². The van der Waals surface area contributed by atoms with Crippen molar-refractivity contribution in [1.82, 2.24) is 4.90 Å². The van der Waals surface area contributed by atoms with Gasteiger partial charge in [-0.15, -0.1) is 0 Å². The minimum absolute atomic E-state index is 0.134. The van der Waals surface area contributed by atoms with E-state index in [1.54, 1.807) is 0 Å². The Bertz CT molecular complexity index is 345. The van der Waals surface area contributed by atoms with Gasteiger partial charge in [-0.3, -0.25) is 4.79 Å². The molecule has 2 aliphatic carbocycles. The molecule has 2 aliphatic rings. The number of nitrogens with zero attached hydrogens (tertiary/aromatic N) is 1. The number of carbonyl (C=O) groups excluding carboxylic acids is 1. The molecule has 2 fully saturated rings. The van der Waals surface area contributed by atoms with Gasteiger partial charge in [-0.05, 0) is 55.8 Å². The average Bonchev–Trinajstić information content (AvgIpc) is 2.41. The molecular formula is C19H35NO. The molecule has 0 bridgehead atoms. The van der Waals surface area contributed by atoms with Gasteiger partial charge in [0.2, 0.25) is 5.91 Å². The second-order valence-electron chi connectivity index (χ2n) is 8.58. The second kappa shape index (κ2) is 6.71. The molecule has 0 aromatic carbocycles. The van der Waals surface area contributed by atoms with Crippen LogP contribution in [0.15, 0.2) is 0 Å². The van der Waals surface area contributed by atoms with Crippen LogP contribution >= 0.6 is 0 Å². The summed E-state index contributed by atoms with van der Waals surface area (Å²) in [5.74, 6) is 2.31. The van der Waals surface area contributed by atoms with Crippen molar-refractivity contribution < 1.29 is 4.79 Å². The summed E-state index contributed by atoms with van der Waals surface area (Å²) < 4.78 is 0. The Morgan fingerprint density at radius 3 is 2.19 bits per heavy atom. The SMILES string of the molecule is CC(C)CCC1CC2(CCC(N(C)C(=O)C(C)C)CC2)C1. The van der Waals surface area contributed by atoms with E-state index in [2.05, 4.69) is 13.8 Å². The summed E-state index contributed by atoms with van der Waals surface area (Å²) in [6, 6.07) is 0.500. The topological polar surface area (TPSA) is 20.3 Å². The van der Waals surface area contributed by atoms with Gasteiger partial charge in [0.1, 0.15) is 0 Å². The summed E-state index contributed by atoms with van der Waals surface area (Å²) in [6.45, 7) is 8.69. The molecule has 0 N–H and O–H groups in total. The highest BCUT2D eigenvalue weighted by molar-refractivity contribution is 5.78. The molecule has 0 aromatic heterocycles. The largest absolute Gasteiger partial charge is 0.343 e. The van der Waals surface area contributed by atoms with Gasteiger partial charge in [-0.1, -0.05) is 40.5 Å². The minimum atomic E-state index is 0.134. The highest BCUT2D eigenvalue weighted by atomic mass is 16.2. The van der Waals surface area contributed by atoms with E-state index in [0.717, 1.165) is 11.8 Å². The monoisotopic (exact) mass is 293 g/mol. The van der Waals surface area contributed by atoms with Crippen LogP contribution in [0.3, 0.4) is 0 Å². The smallest absolute Gasteiger partial charge is 0.225 e. The van der Waals surface area contributed by atoms with Gasteiger partial charge >= 0.3 is 0 Å². The molecule has 2 rings (SSSR count). The molecule has 0 heterocycles. The molecule has 0 unspecified atom stereocenters. The lowest BCUT2D eigenvalue weighted by Gasteiger charge is -2.53. The lowest BCUT2D eigenvalue weighted by Crippen LogP contribution is -2.47. The molecule has 2 saturated carbocycles. The number of amides is 1. The van der Waals surface area contributed by atoms with Gasteiger partial charge in [-0.2, -0.15) is 0 Å². The molecule has 21 heavy (non-hydrogen) atoms. The first-order chi connectivity index (χ1) is 9.83. The summed E-state index contributed by atoms with van der Waals surface area (Å²) >= 11 is 0. The van der Waals surface area contributed by atoms with E-state index >= 15 is 0 Å². The summed E-state index contributed by atoms with van der Waals surface area (Å²) in [6.07, 6.45) is 10.9. The lowest BCUT2D eigenvalue weighted by atomic mass is 9.54. The molecule has 1 spiro atoms. The predicted molar refractivity (Wildman–Crippen MR) is 89.1 cm³/mol. The zero-order valence-electron chi connectivity index (χ0n) is 14.8. The second-order valence-corrected chi connectivity index (χ2v) is 8.58. The van der Waals surface area contributed by atoms with Crippen LogP contribution in [-0.4, -0.2) is 23.9 Å². The van der Waals surface area contributed by atoms with Gasteiger partial charge in [0.05, 0.1) is 0 Å². The van der Waals surface area contributed by atoms with Crippen LogP contribution in [0.25, 0.3) is 0 Å². The first-order valence-electron chi connectivity index (χ1n) is 9.09. The van der Waals surface area contributed by atoms with Gasteiger partial charge in [0.15, 0.2) is 0 Å². The lowest BCUT2D eigenvalue weighted by molar-refractivity contribution is -0.137. The van der Waals surface area contributed by atoms with Crippen molar-refractivity contribution in [2.75, 3.05) is 7.05 Å². The Labute approximate surface area is 131 Å². The van der Waals surface area contributed by atoms with Crippen molar-refractivity contribution in [2.45, 2.75) is 85.1 Å². The Hall–Kier alpha value is -0.530. The highest BCUT2D eigenvalue weighted by Gasteiger charge is 2.46. The summed E-state index contributed by atoms with van der Waals surface area (Å²) in [4.78, 5) is 14.1. The molecular weight excluding hydrogens is 258 g/mol. The third kappa shape index (κ3) is 4.02. The van der Waals surface area contributed by atoms with E-state index < -0.39 is 0 Å². The van der Waals surface area contributed by atoms with E-state index in [1.807, 2.05) is 25.8 Å². The summed E-state index contributed by atoms with van der Waals surface area (Å²) in [7, 11) is 2.01. The Balaban J connectivity index is 1.73. The van der Waals surface area contributed by atoms with Gasteiger partial charge in [0, 0.05) is 19.0 Å². The number of carbonyl (C=O) groups is 1. The van der Waals surface area contributed by atoms with Crippen molar-refractivity contribution in [3.05, 3.63) is 0 Å². The minimum Gasteiger partial charge on any atom is -0.343 e. The number of rotatable bonds is 5. The van der Waals surface area contributed by atoms with E-state index in [9.17, 15) is 4.79 Å². The predicted octanol–water partition coefficient (Wildman–Crippen LogP) is 4.88. The normalized spacial score (nSPS) is 32.5. The third-order valence-corrected chi connectivity index (χ3v) is 6.00. The molecule has 1 amide bonds. The van der Waals surface area contributed by atoms with E-state index in [-0.39, 0.29) is 5.92 Å². The van der Waals surface area contributed by atoms with Crippen molar-refractivity contribution >= 4 is 5.91 Å². The van der Waals surface area contributed by atoms with Crippen LogP contribution in [0.4, 0.5) is 0 Å². The summed E-state index contributed by atoms with van der Waals surface area (Å²) in [5.41, 5.74) is 0.667. The molecule has 0 saturated heterocycles. The molecule has 2 heteroatoms. The number of hydrogen-bond acceptors (Lipinski definition) is 1. The van der Waals surface area contributed by atoms with E-state index in [4.69, 9.17) is 0 Å². The molecule has 0 atom stereocenters. The van der Waals surface area contributed by atoms with Crippen LogP contribution in [0, 0.1) is 23.2 Å². The fourth-order valence-corrected chi connectivity index (χ4v) is 4.54. The van der Waals surface area contributed by atoms with E-state index in [1.165, 1.54) is 51.4 Å². The van der Waals surface area contributed by atoms with Crippen molar-refractivity contribution in [2.24, 2.45) is 23.2 Å². The Morgan fingerprint density at radius 2 is 1.71 bits per heavy atom. The third-order valence-electron chi connectivity index (χ3n) is 6.00. The van der Waals surface area contributed by atoms with Crippen LogP contribution in [0.5, 0.6) is 0 Å². The molecule has 0 aliphatic heterocycles. The fraction of sp³-hybridized carbons (Fsp3) is 0.947. The van der Waals surface area contributed by atoms with Gasteiger partial charge < -0.3 is 4.90 Å².